The molecule has 0 aromatic carbocycles. The number of carbonyl (C=O) groups is 1. The van der Waals surface area contributed by atoms with Crippen LogP contribution in [0.25, 0.3) is 0 Å². The van der Waals surface area contributed by atoms with Gasteiger partial charge in [0.2, 0.25) is 4.69 Å². The molecule has 2 heteroatoms. The van der Waals surface area contributed by atoms with Crippen LogP contribution in [0, 0.1) is 16.7 Å². The predicted octanol–water partition coefficient (Wildman–Crippen LogP) is 2.10. The van der Waals surface area contributed by atoms with E-state index in [0.29, 0.717) is 16.7 Å². The molecular weight excluding hydrogens is 192 g/mol. The number of hydrogen-bond acceptors (Lipinski definition) is 1. The molecule has 10 heavy (non-hydrogen) atoms. The molecule has 0 radical (unpaired) electrons. The fraction of sp³-hybridized carbons (Fsp3) is 0.875. The number of fused-ring (bicyclic) bond motifs is 1. The quantitative estimate of drug-likeness (QED) is 0.593. The largest absolute Gasteiger partial charge is 0.286 e. The van der Waals surface area contributed by atoms with Crippen LogP contribution in [0.4, 0.5) is 0 Å². The van der Waals surface area contributed by atoms with Crippen LogP contribution in [0.15, 0.2) is 0 Å². The molecule has 1 nitrogen and oxygen atoms in total. The molecule has 0 unspecified atom stereocenters. The van der Waals surface area contributed by atoms with Gasteiger partial charge in [-0.15, -0.1) is 0 Å². The van der Waals surface area contributed by atoms with Gasteiger partial charge >= 0.3 is 0 Å². The lowest BCUT2D eigenvalue weighted by atomic mass is 10.3. The number of halogens is 1. The van der Waals surface area contributed by atoms with Crippen molar-refractivity contribution in [1.29, 1.82) is 0 Å². The van der Waals surface area contributed by atoms with E-state index in [2.05, 4.69) is 15.9 Å². The van der Waals surface area contributed by atoms with Crippen molar-refractivity contribution in [3.8, 4) is 0 Å². The van der Waals surface area contributed by atoms with Gasteiger partial charge in [-0.1, -0.05) is 0 Å². The lowest BCUT2D eigenvalue weighted by molar-refractivity contribution is -0.112. The maximum atomic E-state index is 11.0. The second kappa shape index (κ2) is 1.24. The Morgan fingerprint density at radius 1 is 1.20 bits per heavy atom. The summed E-state index contributed by atoms with van der Waals surface area (Å²) in [5.41, 5.74) is 1.10. The maximum absolute atomic E-state index is 11.0. The average Bonchev–Trinajstić information content (AvgIpc) is 2.59. The van der Waals surface area contributed by atoms with E-state index < -0.39 is 0 Å². The van der Waals surface area contributed by atoms with Crippen molar-refractivity contribution in [1.82, 2.24) is 0 Å². The van der Waals surface area contributed by atoms with E-state index in [-0.39, 0.29) is 4.69 Å². The van der Waals surface area contributed by atoms with Crippen molar-refractivity contribution in [2.45, 2.75) is 25.7 Å². The Morgan fingerprint density at radius 2 is 1.60 bits per heavy atom. The van der Waals surface area contributed by atoms with Gasteiger partial charge in [0.15, 0.2) is 0 Å². The Morgan fingerprint density at radius 3 is 1.70 bits per heavy atom. The third-order valence-corrected chi connectivity index (χ3v) is 4.28. The first kappa shape index (κ1) is 5.76. The zero-order valence-corrected chi connectivity index (χ0v) is 7.28. The zero-order chi connectivity index (χ0) is 6.98. The first-order chi connectivity index (χ1) is 4.73. The Labute approximate surface area is 68.3 Å². The molecule has 3 fully saturated rings. The third-order valence-electron chi connectivity index (χ3n) is 3.82. The van der Waals surface area contributed by atoms with Gasteiger partial charge in [0.25, 0.3) is 0 Å². The van der Waals surface area contributed by atoms with Crippen LogP contribution in [0.2, 0.25) is 0 Å². The molecule has 3 saturated carbocycles. The SMILES string of the molecule is O=C(Br)C1C2(CC2)C12CC2. The average molecular weight is 201 g/mol. The molecule has 0 bridgehead atoms. The van der Waals surface area contributed by atoms with E-state index in [9.17, 15) is 4.79 Å². The fourth-order valence-corrected chi connectivity index (χ4v) is 3.89. The second-order valence-corrected chi connectivity index (χ2v) is 4.83. The van der Waals surface area contributed by atoms with E-state index >= 15 is 0 Å². The van der Waals surface area contributed by atoms with E-state index in [4.69, 9.17) is 0 Å². The number of rotatable bonds is 1. The Hall–Kier alpha value is 0.150. The topological polar surface area (TPSA) is 17.1 Å². The summed E-state index contributed by atoms with van der Waals surface area (Å²) >= 11 is 3.09. The van der Waals surface area contributed by atoms with Crippen LogP contribution < -0.4 is 0 Å². The summed E-state index contributed by atoms with van der Waals surface area (Å²) < 4.78 is 0.280. The van der Waals surface area contributed by atoms with Crippen LogP contribution in [0.1, 0.15) is 25.7 Å². The van der Waals surface area contributed by atoms with E-state index in [1.165, 1.54) is 25.7 Å². The van der Waals surface area contributed by atoms with Crippen molar-refractivity contribution in [2.75, 3.05) is 0 Å². The minimum atomic E-state index is 0.280. The number of carbonyl (C=O) groups excluding carboxylic acids is 1. The first-order valence-electron chi connectivity index (χ1n) is 3.92. The molecule has 0 N–H and O–H groups in total. The smallest absolute Gasteiger partial charge is 0.202 e. The van der Waals surface area contributed by atoms with Crippen LogP contribution in [0.3, 0.4) is 0 Å². The summed E-state index contributed by atoms with van der Waals surface area (Å²) in [5.74, 6) is 0.431. The molecular formula is C8H9BrO. The fourth-order valence-electron chi connectivity index (χ4n) is 3.02. The summed E-state index contributed by atoms with van der Waals surface area (Å²) in [7, 11) is 0. The van der Waals surface area contributed by atoms with Gasteiger partial charge in [0.1, 0.15) is 0 Å². The molecule has 0 saturated heterocycles. The molecule has 3 aliphatic carbocycles. The zero-order valence-electron chi connectivity index (χ0n) is 5.69. The monoisotopic (exact) mass is 200 g/mol. The highest BCUT2D eigenvalue weighted by molar-refractivity contribution is 9.18. The van der Waals surface area contributed by atoms with Gasteiger partial charge in [-0.05, 0) is 52.4 Å². The predicted molar refractivity (Wildman–Crippen MR) is 40.8 cm³/mol. The molecule has 0 aliphatic heterocycles. The van der Waals surface area contributed by atoms with Crippen molar-refractivity contribution >= 4 is 20.6 Å². The van der Waals surface area contributed by atoms with Gasteiger partial charge in [0, 0.05) is 5.92 Å². The highest BCUT2D eigenvalue weighted by atomic mass is 79.9. The number of hydrogen-bond donors (Lipinski definition) is 0. The van der Waals surface area contributed by atoms with E-state index in [1.54, 1.807) is 0 Å². The Bertz CT molecular complexity index is 207. The van der Waals surface area contributed by atoms with Crippen molar-refractivity contribution in [3.05, 3.63) is 0 Å². The van der Waals surface area contributed by atoms with Gasteiger partial charge < -0.3 is 0 Å². The van der Waals surface area contributed by atoms with Crippen molar-refractivity contribution in [3.63, 3.8) is 0 Å². The molecule has 3 rings (SSSR count). The Kier molecular flexibility index (Phi) is 0.713. The van der Waals surface area contributed by atoms with Crippen LogP contribution in [-0.4, -0.2) is 4.69 Å². The normalized spacial score (nSPS) is 41.9. The lowest BCUT2D eigenvalue weighted by Gasteiger charge is -1.81. The summed E-state index contributed by atoms with van der Waals surface area (Å²) in [6.07, 6.45) is 5.31. The van der Waals surface area contributed by atoms with Gasteiger partial charge in [-0.3, -0.25) is 4.79 Å². The molecule has 2 spiro atoms. The molecule has 3 aliphatic rings. The highest BCUT2D eigenvalue weighted by Crippen LogP contribution is 2.92. The van der Waals surface area contributed by atoms with Crippen molar-refractivity contribution in [2.24, 2.45) is 16.7 Å². The minimum absolute atomic E-state index is 0.280. The summed E-state index contributed by atoms with van der Waals surface area (Å²) in [6.45, 7) is 0. The van der Waals surface area contributed by atoms with Crippen LogP contribution in [0.5, 0.6) is 0 Å². The molecule has 0 aromatic heterocycles. The van der Waals surface area contributed by atoms with Crippen molar-refractivity contribution < 1.29 is 4.79 Å². The standard InChI is InChI=1S/C8H9BrO/c9-6(10)5-7(1-2-7)8(5)3-4-8/h5H,1-4H2. The van der Waals surface area contributed by atoms with Crippen LogP contribution >= 0.6 is 15.9 Å². The molecule has 54 valence electrons. The highest BCUT2D eigenvalue weighted by Gasteiger charge is 2.88. The molecule has 0 heterocycles. The Balaban J connectivity index is 1.97. The summed E-state index contributed by atoms with van der Waals surface area (Å²) in [6, 6.07) is 0. The van der Waals surface area contributed by atoms with E-state index in [0.717, 1.165) is 0 Å². The van der Waals surface area contributed by atoms with E-state index in [1.807, 2.05) is 0 Å². The molecule has 0 amide bonds. The summed E-state index contributed by atoms with van der Waals surface area (Å²) in [4.78, 5) is 11.0. The second-order valence-electron chi connectivity index (χ2n) is 4.05. The van der Waals surface area contributed by atoms with Crippen LogP contribution in [-0.2, 0) is 4.79 Å². The summed E-state index contributed by atoms with van der Waals surface area (Å²) in [5, 5.41) is 0. The minimum Gasteiger partial charge on any atom is -0.286 e. The van der Waals surface area contributed by atoms with Gasteiger partial charge in [-0.25, -0.2) is 0 Å². The maximum Gasteiger partial charge on any atom is 0.202 e. The van der Waals surface area contributed by atoms with Gasteiger partial charge in [-0.2, -0.15) is 0 Å². The van der Waals surface area contributed by atoms with Gasteiger partial charge in [0.05, 0.1) is 0 Å². The first-order valence-corrected chi connectivity index (χ1v) is 4.72. The lowest BCUT2D eigenvalue weighted by Crippen LogP contribution is -1.91. The third kappa shape index (κ3) is 0.379. The molecule has 0 atom stereocenters. The molecule has 0 aromatic rings.